The SMILES string of the molecule is CCC(C)C(NC(=O)Cc1c(C)c2ccc(O)cc2oc1=O)C(=O)O. The van der Waals surface area contributed by atoms with Crippen LogP contribution in [0.15, 0.2) is 27.4 Å². The standard InChI is InChI=1S/C18H21NO6/c1-4-9(2)16(17(22)23)19-15(21)8-13-10(3)12-6-5-11(20)7-14(12)25-18(13)24/h5-7,9,16,20H,4,8H2,1-3H3,(H,19,21)(H,22,23). The van der Waals surface area contributed by atoms with E-state index in [-0.39, 0.29) is 29.2 Å². The van der Waals surface area contributed by atoms with Crippen LogP contribution < -0.4 is 10.9 Å². The van der Waals surface area contributed by atoms with E-state index in [1.54, 1.807) is 19.9 Å². The number of fused-ring (bicyclic) bond motifs is 1. The van der Waals surface area contributed by atoms with Crippen molar-refractivity contribution in [3.05, 3.63) is 39.7 Å². The number of carboxylic acid groups (broad SMARTS) is 1. The van der Waals surface area contributed by atoms with Gasteiger partial charge >= 0.3 is 11.6 Å². The number of amides is 1. The number of carboxylic acids is 1. The number of nitrogens with one attached hydrogen (secondary N) is 1. The van der Waals surface area contributed by atoms with Crippen LogP contribution in [0.2, 0.25) is 0 Å². The third kappa shape index (κ3) is 3.99. The normalized spacial score (nSPS) is 13.4. The maximum atomic E-state index is 12.2. The number of phenols is 1. The molecular formula is C18H21NO6. The zero-order valence-electron chi connectivity index (χ0n) is 14.3. The van der Waals surface area contributed by atoms with Crippen molar-refractivity contribution in [1.82, 2.24) is 5.32 Å². The van der Waals surface area contributed by atoms with Gasteiger partial charge in [0.25, 0.3) is 0 Å². The first-order valence-corrected chi connectivity index (χ1v) is 8.02. The van der Waals surface area contributed by atoms with Gasteiger partial charge in [0, 0.05) is 11.5 Å². The predicted molar refractivity (Wildman–Crippen MR) is 91.6 cm³/mol. The summed E-state index contributed by atoms with van der Waals surface area (Å²) >= 11 is 0. The lowest BCUT2D eigenvalue weighted by Gasteiger charge is -2.20. The van der Waals surface area contributed by atoms with Gasteiger partial charge in [-0.3, -0.25) is 4.79 Å². The number of benzene rings is 1. The highest BCUT2D eigenvalue weighted by molar-refractivity contribution is 5.87. The summed E-state index contributed by atoms with van der Waals surface area (Å²) in [5.41, 5.74) is 0.289. The van der Waals surface area contributed by atoms with Crippen LogP contribution in [0.1, 0.15) is 31.4 Å². The Kier molecular flexibility index (Phi) is 5.46. The summed E-state index contributed by atoms with van der Waals surface area (Å²) in [6.07, 6.45) is 0.322. The molecule has 2 aromatic rings. The first kappa shape index (κ1) is 18.5. The lowest BCUT2D eigenvalue weighted by atomic mass is 9.98. The molecule has 0 saturated carbocycles. The van der Waals surface area contributed by atoms with E-state index < -0.39 is 23.5 Å². The van der Waals surface area contributed by atoms with E-state index in [1.165, 1.54) is 12.1 Å². The Hall–Kier alpha value is -2.83. The van der Waals surface area contributed by atoms with Gasteiger partial charge in [0.15, 0.2) is 0 Å². The van der Waals surface area contributed by atoms with Crippen LogP contribution in [0, 0.1) is 12.8 Å². The molecule has 3 N–H and O–H groups in total. The summed E-state index contributed by atoms with van der Waals surface area (Å²) in [5.74, 6) is -1.93. The second-order valence-electron chi connectivity index (χ2n) is 6.12. The molecule has 1 aromatic heterocycles. The van der Waals surface area contributed by atoms with E-state index in [4.69, 9.17) is 4.42 Å². The number of aromatic hydroxyl groups is 1. The number of carbonyl (C=O) groups excluding carboxylic acids is 1. The van der Waals surface area contributed by atoms with Gasteiger partial charge in [-0.25, -0.2) is 9.59 Å². The molecule has 2 rings (SSSR count). The zero-order valence-corrected chi connectivity index (χ0v) is 14.3. The minimum atomic E-state index is -1.11. The fourth-order valence-electron chi connectivity index (χ4n) is 2.66. The van der Waals surface area contributed by atoms with Crippen LogP contribution in [-0.4, -0.2) is 28.1 Å². The number of phenolic OH excluding ortho intramolecular Hbond substituents is 1. The van der Waals surface area contributed by atoms with Crippen LogP contribution in [0.3, 0.4) is 0 Å². The smallest absolute Gasteiger partial charge is 0.340 e. The molecular weight excluding hydrogens is 326 g/mol. The maximum absolute atomic E-state index is 12.2. The van der Waals surface area contributed by atoms with Gasteiger partial charge < -0.3 is 19.9 Å². The minimum absolute atomic E-state index is 0.0293. The molecule has 0 bridgehead atoms. The van der Waals surface area contributed by atoms with Gasteiger partial charge in [-0.2, -0.15) is 0 Å². The Morgan fingerprint density at radius 3 is 2.60 bits per heavy atom. The number of carbonyl (C=O) groups is 2. The van der Waals surface area contributed by atoms with Crippen molar-refractivity contribution in [1.29, 1.82) is 0 Å². The van der Waals surface area contributed by atoms with E-state index in [0.29, 0.717) is 17.4 Å². The molecule has 0 aliphatic heterocycles. The summed E-state index contributed by atoms with van der Waals surface area (Å²) in [4.78, 5) is 35.7. The fourth-order valence-corrected chi connectivity index (χ4v) is 2.66. The van der Waals surface area contributed by atoms with Gasteiger partial charge in [0.1, 0.15) is 17.4 Å². The first-order chi connectivity index (χ1) is 11.7. The molecule has 0 aliphatic rings. The highest BCUT2D eigenvalue weighted by Gasteiger charge is 2.26. The van der Waals surface area contributed by atoms with Crippen molar-refractivity contribution in [2.75, 3.05) is 0 Å². The van der Waals surface area contributed by atoms with Crippen molar-refractivity contribution in [3.8, 4) is 5.75 Å². The molecule has 2 atom stereocenters. The molecule has 0 radical (unpaired) electrons. The van der Waals surface area contributed by atoms with Crippen LogP contribution in [-0.2, 0) is 16.0 Å². The Labute approximate surface area is 144 Å². The molecule has 1 amide bonds. The molecule has 1 aromatic carbocycles. The predicted octanol–water partition coefficient (Wildman–Crippen LogP) is 1.97. The molecule has 0 aliphatic carbocycles. The lowest BCUT2D eigenvalue weighted by molar-refractivity contribution is -0.143. The number of aliphatic carboxylic acids is 1. The fraction of sp³-hybridized carbons (Fsp3) is 0.389. The van der Waals surface area contributed by atoms with E-state index in [1.807, 2.05) is 6.92 Å². The molecule has 0 spiro atoms. The monoisotopic (exact) mass is 347 g/mol. The third-order valence-electron chi connectivity index (χ3n) is 4.40. The molecule has 134 valence electrons. The largest absolute Gasteiger partial charge is 0.508 e. The van der Waals surface area contributed by atoms with Gasteiger partial charge in [0.05, 0.1) is 12.0 Å². The molecule has 2 unspecified atom stereocenters. The highest BCUT2D eigenvalue weighted by atomic mass is 16.4. The first-order valence-electron chi connectivity index (χ1n) is 8.02. The van der Waals surface area contributed by atoms with Crippen LogP contribution in [0.25, 0.3) is 11.0 Å². The van der Waals surface area contributed by atoms with E-state index >= 15 is 0 Å². The van der Waals surface area contributed by atoms with Crippen molar-refractivity contribution in [2.45, 2.75) is 39.7 Å². The van der Waals surface area contributed by atoms with Gasteiger partial charge in [0.2, 0.25) is 5.91 Å². The number of hydrogen-bond donors (Lipinski definition) is 3. The Morgan fingerprint density at radius 2 is 2.00 bits per heavy atom. The summed E-state index contributed by atoms with van der Waals surface area (Å²) in [6.45, 7) is 5.26. The summed E-state index contributed by atoms with van der Waals surface area (Å²) in [5, 5.41) is 21.8. The van der Waals surface area contributed by atoms with Crippen molar-refractivity contribution < 1.29 is 24.2 Å². The lowest BCUT2D eigenvalue weighted by Crippen LogP contribution is -2.45. The summed E-state index contributed by atoms with van der Waals surface area (Å²) < 4.78 is 5.16. The van der Waals surface area contributed by atoms with Crippen molar-refractivity contribution in [2.24, 2.45) is 5.92 Å². The molecule has 1 heterocycles. The summed E-state index contributed by atoms with van der Waals surface area (Å²) in [7, 11) is 0. The topological polar surface area (TPSA) is 117 Å². The van der Waals surface area contributed by atoms with Crippen LogP contribution in [0.4, 0.5) is 0 Å². The zero-order chi connectivity index (χ0) is 18.7. The second kappa shape index (κ2) is 7.38. The Bertz CT molecular complexity index is 870. The highest BCUT2D eigenvalue weighted by Crippen LogP contribution is 2.23. The van der Waals surface area contributed by atoms with Crippen molar-refractivity contribution in [3.63, 3.8) is 0 Å². The molecule has 7 heteroatoms. The number of rotatable bonds is 6. The Balaban J connectivity index is 2.30. The van der Waals surface area contributed by atoms with Gasteiger partial charge in [-0.1, -0.05) is 20.3 Å². The minimum Gasteiger partial charge on any atom is -0.508 e. The molecule has 7 nitrogen and oxygen atoms in total. The maximum Gasteiger partial charge on any atom is 0.340 e. The second-order valence-corrected chi connectivity index (χ2v) is 6.12. The number of aryl methyl sites for hydroxylation is 1. The Morgan fingerprint density at radius 1 is 1.32 bits per heavy atom. The van der Waals surface area contributed by atoms with E-state index in [9.17, 15) is 24.6 Å². The quantitative estimate of drug-likeness (QED) is 0.688. The van der Waals surface area contributed by atoms with Gasteiger partial charge in [-0.15, -0.1) is 0 Å². The molecule has 25 heavy (non-hydrogen) atoms. The third-order valence-corrected chi connectivity index (χ3v) is 4.40. The van der Waals surface area contributed by atoms with E-state index in [2.05, 4.69) is 5.32 Å². The van der Waals surface area contributed by atoms with Gasteiger partial charge in [-0.05, 0) is 30.5 Å². The summed E-state index contributed by atoms with van der Waals surface area (Å²) in [6, 6.07) is 3.38. The average Bonchev–Trinajstić information content (AvgIpc) is 2.55. The average molecular weight is 347 g/mol. The van der Waals surface area contributed by atoms with Crippen molar-refractivity contribution >= 4 is 22.8 Å². The van der Waals surface area contributed by atoms with Crippen LogP contribution in [0.5, 0.6) is 5.75 Å². The number of hydrogen-bond acceptors (Lipinski definition) is 5. The molecule has 0 saturated heterocycles. The molecule has 0 fully saturated rings. The van der Waals surface area contributed by atoms with Crippen LogP contribution >= 0.6 is 0 Å². The van der Waals surface area contributed by atoms with E-state index in [0.717, 1.165) is 0 Å².